The van der Waals surface area contributed by atoms with E-state index in [1.54, 1.807) is 30.3 Å². The third-order valence-electron chi connectivity index (χ3n) is 12.8. The molecule has 8 atom stereocenters. The highest BCUT2D eigenvalue weighted by Crippen LogP contribution is 2.20. The minimum atomic E-state index is -1.84. The van der Waals surface area contributed by atoms with E-state index in [0.717, 1.165) is 0 Å². The van der Waals surface area contributed by atoms with Crippen molar-refractivity contribution < 1.29 is 72.2 Å². The third-order valence-corrected chi connectivity index (χ3v) is 13.6. The second-order valence-corrected chi connectivity index (χ2v) is 20.2. The number of hydrogen-bond acceptors (Lipinski definition) is 19. The molecular weight excluding hydrogens is 1150 g/mol. The van der Waals surface area contributed by atoms with Gasteiger partial charge in [0.15, 0.2) is 0 Å². The summed E-state index contributed by atoms with van der Waals surface area (Å²) in [6.07, 6.45) is -0.882. The van der Waals surface area contributed by atoms with Gasteiger partial charge in [-0.15, -0.1) is 0 Å². The van der Waals surface area contributed by atoms with Gasteiger partial charge >= 0.3 is 0 Å². The number of rotatable bonds is 37. The lowest BCUT2D eigenvalue weighted by Crippen LogP contribution is -2.61. The Morgan fingerprint density at radius 1 is 0.518 bits per heavy atom. The maximum atomic E-state index is 14.5. The maximum absolute atomic E-state index is 14.5. The molecule has 3 rings (SSSR count). The summed E-state index contributed by atoms with van der Waals surface area (Å²) in [6.45, 7) is -1.66. The van der Waals surface area contributed by atoms with E-state index in [0.29, 0.717) is 36.9 Å². The Labute approximate surface area is 499 Å². The van der Waals surface area contributed by atoms with E-state index in [-0.39, 0.29) is 56.0 Å². The molecule has 1 aliphatic rings. The summed E-state index contributed by atoms with van der Waals surface area (Å²) in [5.74, 6) is -13.4. The lowest BCUT2D eigenvalue weighted by Gasteiger charge is -2.30. The molecule has 0 spiro atoms. The van der Waals surface area contributed by atoms with Gasteiger partial charge in [0.05, 0.1) is 32.6 Å². The number of amides is 14. The van der Waals surface area contributed by atoms with Gasteiger partial charge in [0, 0.05) is 37.3 Å². The number of primary amides is 3. The number of unbranched alkanes of at least 4 members (excludes halogenated alkanes) is 1. The van der Waals surface area contributed by atoms with Crippen LogP contribution in [0.3, 0.4) is 0 Å². The Balaban J connectivity index is 1.89. The monoisotopic (exact) mass is 1230 g/mol. The first kappa shape index (κ1) is 70.7. The highest BCUT2D eigenvalue weighted by molar-refractivity contribution is 7.80. The van der Waals surface area contributed by atoms with Crippen LogP contribution in [0.15, 0.2) is 54.6 Å². The molecule has 31 nitrogen and oxygen atoms in total. The van der Waals surface area contributed by atoms with Gasteiger partial charge in [-0.1, -0.05) is 42.5 Å². The predicted molar refractivity (Wildman–Crippen MR) is 310 cm³/mol. The minimum Gasteiger partial charge on any atom is -0.508 e. The average molecular weight is 1230 g/mol. The van der Waals surface area contributed by atoms with Crippen LogP contribution in [0.25, 0.3) is 0 Å². The van der Waals surface area contributed by atoms with Crippen LogP contribution in [-0.4, -0.2) is 192 Å². The first-order chi connectivity index (χ1) is 40.4. The van der Waals surface area contributed by atoms with Crippen LogP contribution >= 0.6 is 25.3 Å². The summed E-state index contributed by atoms with van der Waals surface area (Å²) in [5.41, 5.74) is 27.8. The number of nitrogens with two attached hydrogens (primary N) is 5. The summed E-state index contributed by atoms with van der Waals surface area (Å²) >= 11 is 8.42. The third kappa shape index (κ3) is 25.5. The molecule has 14 amide bonds. The smallest absolute Gasteiger partial charge is 0.246 e. The summed E-state index contributed by atoms with van der Waals surface area (Å²) in [5, 5.41) is 34.2. The van der Waals surface area contributed by atoms with Crippen molar-refractivity contribution in [3.8, 4) is 5.75 Å². The zero-order valence-electron chi connectivity index (χ0n) is 46.4. The number of thiol groups is 2. The Morgan fingerprint density at radius 3 is 1.60 bits per heavy atom. The molecule has 1 saturated heterocycles. The first-order valence-corrected chi connectivity index (χ1v) is 28.2. The van der Waals surface area contributed by atoms with E-state index in [2.05, 4.69) is 78.4 Å². The van der Waals surface area contributed by atoms with Gasteiger partial charge in [-0.05, 0) is 68.3 Å². The van der Waals surface area contributed by atoms with Gasteiger partial charge in [-0.25, -0.2) is 0 Å². The summed E-state index contributed by atoms with van der Waals surface area (Å²) in [7, 11) is 0. The van der Waals surface area contributed by atoms with E-state index in [4.69, 9.17) is 28.7 Å². The Hall–Kier alpha value is -8.56. The van der Waals surface area contributed by atoms with Gasteiger partial charge in [0.25, 0.3) is 0 Å². The van der Waals surface area contributed by atoms with Crippen molar-refractivity contribution in [2.24, 2.45) is 28.7 Å². The molecule has 1 fully saturated rings. The molecule has 466 valence electrons. The molecule has 0 saturated carbocycles. The molecule has 1 heterocycles. The second-order valence-electron chi connectivity index (χ2n) is 19.5. The molecule has 2 aromatic carbocycles. The minimum absolute atomic E-state index is 0.0339. The Morgan fingerprint density at radius 2 is 1.04 bits per heavy atom. The number of likely N-dealkylation sites (tertiary alicyclic amines) is 1. The lowest BCUT2D eigenvalue weighted by atomic mass is 10.0. The Bertz CT molecular complexity index is 2690. The quantitative estimate of drug-likeness (QED) is 0.0221. The van der Waals surface area contributed by atoms with E-state index < -0.39 is 170 Å². The van der Waals surface area contributed by atoms with Gasteiger partial charge in [-0.2, -0.15) is 25.3 Å². The van der Waals surface area contributed by atoms with Crippen LogP contribution in [-0.2, 0) is 80.0 Å². The fourth-order valence-corrected chi connectivity index (χ4v) is 8.92. The molecule has 0 aliphatic carbocycles. The number of carbonyl (C=O) groups excluding carboxylic acids is 14. The lowest BCUT2D eigenvalue weighted by molar-refractivity contribution is -0.142. The van der Waals surface area contributed by atoms with Crippen LogP contribution < -0.4 is 81.8 Å². The molecule has 0 radical (unpaired) electrons. The van der Waals surface area contributed by atoms with Crippen LogP contribution in [0.1, 0.15) is 62.5 Å². The van der Waals surface area contributed by atoms with Crippen LogP contribution in [0.2, 0.25) is 0 Å². The molecule has 85 heavy (non-hydrogen) atoms. The van der Waals surface area contributed by atoms with Crippen LogP contribution in [0.5, 0.6) is 5.75 Å². The number of phenolic OH excluding ortho intramolecular Hbond substituents is 1. The molecule has 0 bridgehead atoms. The number of carbonyl (C=O) groups is 14. The van der Waals surface area contributed by atoms with Gasteiger partial charge < -0.3 is 91.8 Å². The van der Waals surface area contributed by atoms with Crippen molar-refractivity contribution in [1.29, 1.82) is 0 Å². The number of phenols is 1. The van der Waals surface area contributed by atoms with Crippen molar-refractivity contribution in [2.45, 2.75) is 113 Å². The van der Waals surface area contributed by atoms with E-state index in [1.165, 1.54) is 29.2 Å². The molecule has 21 N–H and O–H groups in total. The summed E-state index contributed by atoms with van der Waals surface area (Å²) in [4.78, 5) is 185. The van der Waals surface area contributed by atoms with Crippen molar-refractivity contribution in [3.63, 3.8) is 0 Å². The molecule has 8 unspecified atom stereocenters. The normalized spacial score (nSPS) is 15.1. The summed E-state index contributed by atoms with van der Waals surface area (Å²) in [6, 6.07) is 1.86. The van der Waals surface area contributed by atoms with Crippen molar-refractivity contribution >= 4 is 108 Å². The number of aromatic hydroxyl groups is 1. The van der Waals surface area contributed by atoms with Crippen molar-refractivity contribution in [1.82, 2.24) is 58.1 Å². The standard InChI is InChI=1S/C52H76N16O15S2/c53-17-5-4-9-31(45(76)60-23-41(57)72)63-51(82)38-10-6-18-68(38)52(83)37(27-85)67-49(80)35(21-40(56)71)66-46(77)32(15-16-39(55)70)62-47(78)33(19-28-7-2-1-3-8-28)64-48(79)34(20-29-11-13-30(69)14-12-29)65-50(81)36(26-84)61-44(75)25-59-43(74)24-58-42(73)22-54/h1-3,7-8,11-14,31-38,69,84-85H,4-6,9-10,15-27,53-54H2,(H2,55,70)(H2,56,71)(H2,57,72)(H,58,73)(H,59,74)(H,60,76)(H,61,75)(H,62,78)(H,63,82)(H,64,79)(H,65,81)(H,66,77)(H,67,80). The van der Waals surface area contributed by atoms with E-state index in [1.807, 2.05) is 0 Å². The number of benzene rings is 2. The highest BCUT2D eigenvalue weighted by atomic mass is 32.1. The van der Waals surface area contributed by atoms with E-state index in [9.17, 15) is 72.2 Å². The predicted octanol–water partition coefficient (Wildman–Crippen LogP) is -7.52. The van der Waals surface area contributed by atoms with Crippen LogP contribution in [0, 0.1) is 0 Å². The molecular formula is C52H76N16O15S2. The number of nitrogens with zero attached hydrogens (tertiary/aromatic N) is 1. The Kier molecular flexibility index (Phi) is 30.7. The maximum Gasteiger partial charge on any atom is 0.246 e. The fourth-order valence-electron chi connectivity index (χ4n) is 8.41. The SMILES string of the molecule is NCCCCC(NC(=O)C1CCCN1C(=O)C(CS)NC(=O)C(CC(N)=O)NC(=O)C(CCC(N)=O)NC(=O)C(Cc1ccccc1)NC(=O)C(Cc1ccc(O)cc1)NC(=O)C(CS)NC(=O)CNC(=O)CNC(=O)CN)C(=O)NCC(N)=O. The number of hydrogen-bond donors (Lipinski definition) is 18. The topological polar surface area (TPSA) is 513 Å². The highest BCUT2D eigenvalue weighted by Gasteiger charge is 2.40. The molecule has 0 aromatic heterocycles. The first-order valence-electron chi connectivity index (χ1n) is 26.9. The summed E-state index contributed by atoms with van der Waals surface area (Å²) < 4.78 is 0. The van der Waals surface area contributed by atoms with Gasteiger partial charge in [-0.3, -0.25) is 67.1 Å². The van der Waals surface area contributed by atoms with Gasteiger partial charge in [0.2, 0.25) is 82.7 Å². The molecule has 33 heteroatoms. The molecule has 1 aliphatic heterocycles. The van der Waals surface area contributed by atoms with Crippen molar-refractivity contribution in [2.75, 3.05) is 50.8 Å². The number of nitrogens with one attached hydrogen (secondary N) is 10. The molecule has 2 aromatic rings. The largest absolute Gasteiger partial charge is 0.508 e. The zero-order chi connectivity index (χ0) is 63.2. The average Bonchev–Trinajstić information content (AvgIpc) is 4.23. The van der Waals surface area contributed by atoms with Crippen molar-refractivity contribution in [3.05, 3.63) is 65.7 Å². The van der Waals surface area contributed by atoms with Gasteiger partial charge in [0.1, 0.15) is 54.1 Å². The van der Waals surface area contributed by atoms with E-state index >= 15 is 0 Å². The van der Waals surface area contributed by atoms with Crippen LogP contribution in [0.4, 0.5) is 0 Å². The second kappa shape index (κ2) is 36.9. The zero-order valence-corrected chi connectivity index (χ0v) is 48.2. The fraction of sp³-hybridized carbons (Fsp3) is 0.500.